The van der Waals surface area contributed by atoms with E-state index in [4.69, 9.17) is 4.74 Å². The van der Waals surface area contributed by atoms with Crippen LogP contribution in [-0.2, 0) is 21.3 Å². The number of aromatic amines is 1. The van der Waals surface area contributed by atoms with Gasteiger partial charge in [0.1, 0.15) is 0 Å². The van der Waals surface area contributed by atoms with E-state index in [1.807, 2.05) is 6.07 Å². The number of benzene rings is 1. The zero-order chi connectivity index (χ0) is 20.3. The minimum Gasteiger partial charge on any atom is -0.379 e. The number of nitrogens with zero attached hydrogens (tertiary/aromatic N) is 1. The molecule has 9 heteroatoms. The van der Waals surface area contributed by atoms with Crippen LogP contribution in [0.15, 0.2) is 40.0 Å². The molecule has 3 rings (SSSR count). The molecule has 1 aromatic heterocycles. The van der Waals surface area contributed by atoms with Gasteiger partial charge in [-0.05, 0) is 37.6 Å². The molecular formula is C19H23N3O5S. The van der Waals surface area contributed by atoms with Gasteiger partial charge in [0, 0.05) is 30.9 Å². The Kier molecular flexibility index (Phi) is 5.97. The molecular weight excluding hydrogens is 382 g/mol. The number of amides is 1. The lowest BCUT2D eigenvalue weighted by molar-refractivity contribution is 0.0730. The number of hydrogen-bond acceptors (Lipinski definition) is 5. The Morgan fingerprint density at radius 2 is 1.89 bits per heavy atom. The Labute approximate surface area is 163 Å². The number of pyridine rings is 1. The molecule has 1 saturated heterocycles. The van der Waals surface area contributed by atoms with Gasteiger partial charge in [-0.25, -0.2) is 8.42 Å². The van der Waals surface area contributed by atoms with E-state index >= 15 is 0 Å². The van der Waals surface area contributed by atoms with Crippen LogP contribution in [0.4, 0.5) is 0 Å². The maximum atomic E-state index is 13.0. The van der Waals surface area contributed by atoms with Crippen LogP contribution in [0, 0.1) is 13.8 Å². The van der Waals surface area contributed by atoms with Crippen LogP contribution >= 0.6 is 0 Å². The van der Waals surface area contributed by atoms with E-state index in [1.54, 1.807) is 26.0 Å². The summed E-state index contributed by atoms with van der Waals surface area (Å²) in [6, 6.07) is 7.90. The Hall–Kier alpha value is -2.49. The number of carbonyl (C=O) groups is 1. The van der Waals surface area contributed by atoms with Gasteiger partial charge in [0.25, 0.3) is 11.5 Å². The largest absolute Gasteiger partial charge is 0.379 e. The van der Waals surface area contributed by atoms with Gasteiger partial charge in [0.05, 0.1) is 23.7 Å². The number of morpholine rings is 1. The van der Waals surface area contributed by atoms with Gasteiger partial charge in [-0.1, -0.05) is 12.1 Å². The summed E-state index contributed by atoms with van der Waals surface area (Å²) in [5.41, 5.74) is 1.71. The maximum absolute atomic E-state index is 13.0. The van der Waals surface area contributed by atoms with Gasteiger partial charge in [-0.15, -0.1) is 0 Å². The van der Waals surface area contributed by atoms with Gasteiger partial charge in [0.15, 0.2) is 0 Å². The smallest absolute Gasteiger partial charge is 0.253 e. The van der Waals surface area contributed by atoms with Crippen molar-refractivity contribution in [3.8, 4) is 0 Å². The van der Waals surface area contributed by atoms with Crippen molar-refractivity contribution in [2.45, 2.75) is 25.3 Å². The molecule has 0 spiro atoms. The number of rotatable bonds is 5. The van der Waals surface area contributed by atoms with Crippen LogP contribution in [0.1, 0.15) is 27.2 Å². The van der Waals surface area contributed by atoms with Crippen LogP contribution in [-0.4, -0.2) is 49.9 Å². The van der Waals surface area contributed by atoms with Crippen LogP contribution in [0.3, 0.4) is 0 Å². The van der Waals surface area contributed by atoms with Crippen molar-refractivity contribution in [2.24, 2.45) is 0 Å². The van der Waals surface area contributed by atoms with Crippen LogP contribution in [0.5, 0.6) is 0 Å². The van der Waals surface area contributed by atoms with Crippen LogP contribution in [0.25, 0.3) is 0 Å². The number of H-pyrrole nitrogens is 1. The van der Waals surface area contributed by atoms with Gasteiger partial charge in [-0.2, -0.15) is 4.31 Å². The van der Waals surface area contributed by atoms with Crippen molar-refractivity contribution in [3.63, 3.8) is 0 Å². The molecule has 2 heterocycles. The fourth-order valence-corrected chi connectivity index (χ4v) is 4.77. The summed E-state index contributed by atoms with van der Waals surface area (Å²) in [4.78, 5) is 27.5. The molecule has 1 amide bonds. The zero-order valence-corrected chi connectivity index (χ0v) is 16.6. The van der Waals surface area contributed by atoms with Crippen molar-refractivity contribution in [3.05, 3.63) is 63.1 Å². The Morgan fingerprint density at radius 1 is 1.21 bits per heavy atom. The lowest BCUT2D eigenvalue weighted by atomic mass is 10.1. The highest BCUT2D eigenvalue weighted by Crippen LogP contribution is 2.21. The molecule has 1 aromatic carbocycles. The van der Waals surface area contributed by atoms with Crippen molar-refractivity contribution >= 4 is 15.9 Å². The second-order valence-electron chi connectivity index (χ2n) is 6.64. The van der Waals surface area contributed by atoms with E-state index in [0.717, 1.165) is 11.3 Å². The van der Waals surface area contributed by atoms with Crippen molar-refractivity contribution < 1.29 is 17.9 Å². The summed E-state index contributed by atoms with van der Waals surface area (Å²) >= 11 is 0. The average molecular weight is 405 g/mol. The van der Waals surface area contributed by atoms with Gasteiger partial charge in [-0.3, -0.25) is 9.59 Å². The first kappa shape index (κ1) is 20.2. The number of hydrogen-bond donors (Lipinski definition) is 2. The van der Waals surface area contributed by atoms with E-state index < -0.39 is 15.9 Å². The van der Waals surface area contributed by atoms with Gasteiger partial charge >= 0.3 is 0 Å². The molecule has 1 aliphatic heterocycles. The fraction of sp³-hybridized carbons (Fsp3) is 0.368. The first-order valence-corrected chi connectivity index (χ1v) is 10.4. The van der Waals surface area contributed by atoms with Crippen LogP contribution < -0.4 is 10.9 Å². The first-order chi connectivity index (χ1) is 13.3. The molecule has 0 saturated carbocycles. The molecule has 0 unspecified atom stereocenters. The Morgan fingerprint density at radius 3 is 2.57 bits per heavy atom. The van der Waals surface area contributed by atoms with E-state index in [-0.39, 0.29) is 35.7 Å². The number of sulfonamides is 1. The normalized spacial score (nSPS) is 15.4. The summed E-state index contributed by atoms with van der Waals surface area (Å²) in [7, 11) is -3.82. The number of ether oxygens (including phenoxy) is 1. The predicted molar refractivity (Wildman–Crippen MR) is 104 cm³/mol. The minimum absolute atomic E-state index is 0.00617. The maximum Gasteiger partial charge on any atom is 0.253 e. The third-order valence-electron chi connectivity index (χ3n) is 4.64. The Bertz CT molecular complexity index is 1040. The second kappa shape index (κ2) is 8.26. The van der Waals surface area contributed by atoms with Gasteiger partial charge in [0.2, 0.25) is 10.0 Å². The van der Waals surface area contributed by atoms with Gasteiger partial charge < -0.3 is 15.0 Å². The zero-order valence-electron chi connectivity index (χ0n) is 15.8. The number of carbonyl (C=O) groups excluding carboxylic acids is 1. The molecule has 1 aliphatic rings. The number of aromatic nitrogens is 1. The monoisotopic (exact) mass is 405 g/mol. The van der Waals surface area contributed by atoms with Crippen molar-refractivity contribution in [1.82, 2.24) is 14.6 Å². The summed E-state index contributed by atoms with van der Waals surface area (Å²) < 4.78 is 32.5. The molecule has 8 nitrogen and oxygen atoms in total. The Balaban J connectivity index is 1.85. The lowest BCUT2D eigenvalue weighted by Crippen LogP contribution is -2.41. The summed E-state index contributed by atoms with van der Waals surface area (Å²) in [6.07, 6.45) is 0. The molecule has 2 N–H and O–H groups in total. The summed E-state index contributed by atoms with van der Waals surface area (Å²) in [6.45, 7) is 4.72. The molecule has 1 fully saturated rings. The standard InChI is InChI=1S/C19H23N3O5S/c1-13-11-14(2)21-19(24)16(13)12-20-18(23)15-5-3-4-6-17(15)28(25,26)22-7-9-27-10-8-22/h3-6,11H,7-10,12H2,1-2H3,(H,20,23)(H,21,24). The van der Waals surface area contributed by atoms with E-state index in [0.29, 0.717) is 18.8 Å². The summed E-state index contributed by atoms with van der Waals surface area (Å²) in [5, 5.41) is 2.67. The van der Waals surface area contributed by atoms with E-state index in [2.05, 4.69) is 10.3 Å². The highest BCUT2D eigenvalue weighted by molar-refractivity contribution is 7.89. The van der Waals surface area contributed by atoms with E-state index in [9.17, 15) is 18.0 Å². The molecule has 2 aromatic rings. The molecule has 28 heavy (non-hydrogen) atoms. The van der Waals surface area contributed by atoms with Crippen molar-refractivity contribution in [2.75, 3.05) is 26.3 Å². The van der Waals surface area contributed by atoms with E-state index in [1.165, 1.54) is 16.4 Å². The minimum atomic E-state index is -3.82. The second-order valence-corrected chi connectivity index (χ2v) is 8.54. The molecule has 0 aliphatic carbocycles. The molecule has 0 radical (unpaired) electrons. The highest BCUT2D eigenvalue weighted by Gasteiger charge is 2.30. The molecule has 150 valence electrons. The van der Waals surface area contributed by atoms with Crippen molar-refractivity contribution in [1.29, 1.82) is 0 Å². The molecule has 0 bridgehead atoms. The highest BCUT2D eigenvalue weighted by atomic mass is 32.2. The third kappa shape index (κ3) is 4.16. The quantitative estimate of drug-likeness (QED) is 0.770. The topological polar surface area (TPSA) is 109 Å². The average Bonchev–Trinajstić information content (AvgIpc) is 2.67. The fourth-order valence-electron chi connectivity index (χ4n) is 3.17. The summed E-state index contributed by atoms with van der Waals surface area (Å²) in [5.74, 6) is -0.549. The third-order valence-corrected chi connectivity index (χ3v) is 6.60. The number of aryl methyl sites for hydroxylation is 2. The van der Waals surface area contributed by atoms with Crippen LogP contribution in [0.2, 0.25) is 0 Å². The lowest BCUT2D eigenvalue weighted by Gasteiger charge is -2.26. The first-order valence-electron chi connectivity index (χ1n) is 8.95. The molecule has 0 atom stereocenters. The SMILES string of the molecule is Cc1cc(C)c(CNC(=O)c2ccccc2S(=O)(=O)N2CCOCC2)c(=O)[nH]1. The number of nitrogens with one attached hydrogen (secondary N) is 2. The predicted octanol–water partition coefficient (Wildman–Crippen LogP) is 0.943.